The van der Waals surface area contributed by atoms with Gasteiger partial charge in [-0.05, 0) is 81.4 Å². The van der Waals surface area contributed by atoms with Gasteiger partial charge >= 0.3 is 0 Å². The highest BCUT2D eigenvalue weighted by Crippen LogP contribution is 2.34. The molecule has 0 fully saturated rings. The average molecular weight is 407 g/mol. The molecule has 0 spiro atoms. The molecule has 4 heteroatoms. The molecule has 0 atom stereocenters. The predicted octanol–water partition coefficient (Wildman–Crippen LogP) is 6.78. The molecule has 3 aromatic carbocycles. The highest BCUT2D eigenvalue weighted by atomic mass is 35.5. The van der Waals surface area contributed by atoms with Gasteiger partial charge in [-0.3, -0.25) is 0 Å². The van der Waals surface area contributed by atoms with E-state index >= 15 is 0 Å². The molecule has 0 aliphatic heterocycles. The molecule has 0 bridgehead atoms. The molecule has 0 amide bonds. The number of benzene rings is 3. The van der Waals surface area contributed by atoms with Gasteiger partial charge in [-0.15, -0.1) is 0 Å². The van der Waals surface area contributed by atoms with Crippen LogP contribution in [0.2, 0.25) is 5.02 Å². The third-order valence-electron chi connectivity index (χ3n) is 5.07. The van der Waals surface area contributed by atoms with Crippen LogP contribution in [0.5, 0.6) is 0 Å². The number of aromatic nitrogens is 2. The maximum atomic E-state index is 13.6. The van der Waals surface area contributed by atoms with Crippen molar-refractivity contribution in [3.63, 3.8) is 0 Å². The average Bonchev–Trinajstić information content (AvgIpc) is 3.10. The van der Waals surface area contributed by atoms with Crippen LogP contribution < -0.4 is 4.57 Å². The van der Waals surface area contributed by atoms with Gasteiger partial charge in [0.25, 0.3) is 0 Å². The van der Waals surface area contributed by atoms with E-state index in [1.807, 2.05) is 36.4 Å². The predicted molar refractivity (Wildman–Crippen MR) is 117 cm³/mol. The number of hydrogen-bond acceptors (Lipinski definition) is 0. The molecule has 29 heavy (non-hydrogen) atoms. The Morgan fingerprint density at radius 1 is 0.828 bits per heavy atom. The van der Waals surface area contributed by atoms with Gasteiger partial charge in [0, 0.05) is 16.1 Å². The lowest BCUT2D eigenvalue weighted by molar-refractivity contribution is -0.705. The summed E-state index contributed by atoms with van der Waals surface area (Å²) in [6.07, 6.45) is 2.12. The van der Waals surface area contributed by atoms with Crippen molar-refractivity contribution in [3.8, 4) is 28.2 Å². The molecule has 146 valence electrons. The van der Waals surface area contributed by atoms with Crippen LogP contribution in [-0.2, 0) is 0 Å². The maximum absolute atomic E-state index is 13.6. The molecule has 0 aliphatic carbocycles. The van der Waals surface area contributed by atoms with Gasteiger partial charge in [0.15, 0.2) is 11.4 Å². The SMILES string of the molecule is Cc1ccc(-n2[13cH][n+](C(C)C)c(-c3ccc(F)cc3)c2-c2ccc(Cl)cc2)cc1. The summed E-state index contributed by atoms with van der Waals surface area (Å²) in [5.74, 6) is -0.240. The first-order valence-electron chi connectivity index (χ1n) is 9.69. The van der Waals surface area contributed by atoms with Crippen LogP contribution in [0, 0.1) is 12.7 Å². The van der Waals surface area contributed by atoms with Gasteiger partial charge in [0.05, 0.1) is 6.04 Å². The Hall–Kier alpha value is -2.91. The van der Waals surface area contributed by atoms with E-state index in [4.69, 9.17) is 11.6 Å². The monoisotopic (exact) mass is 406 g/mol. The van der Waals surface area contributed by atoms with E-state index in [2.05, 4.69) is 60.5 Å². The number of imidazole rings is 1. The Bertz CT molecular complexity index is 1130. The first kappa shape index (κ1) is 19.4. The Kier molecular flexibility index (Phi) is 5.25. The Morgan fingerprint density at radius 3 is 2.00 bits per heavy atom. The highest BCUT2D eigenvalue weighted by molar-refractivity contribution is 6.30. The van der Waals surface area contributed by atoms with Gasteiger partial charge in [-0.25, -0.2) is 8.96 Å². The highest BCUT2D eigenvalue weighted by Gasteiger charge is 2.28. The molecule has 4 aromatic rings. The standard InChI is InChI=1S/C25H23ClFN2/c1-17(2)28-16-29(23-14-4-18(3)5-15-23)25(19-6-10-21(26)11-7-19)24(28)20-8-12-22(27)13-9-20/h4-17H,1-3H3/q+1/i16+1. The van der Waals surface area contributed by atoms with E-state index in [9.17, 15) is 4.39 Å². The van der Waals surface area contributed by atoms with Crippen molar-refractivity contribution in [2.24, 2.45) is 0 Å². The zero-order chi connectivity index (χ0) is 20.5. The summed E-state index contributed by atoms with van der Waals surface area (Å²) in [5.41, 5.74) is 6.39. The Balaban J connectivity index is 2.05. The topological polar surface area (TPSA) is 8.81 Å². The molecule has 0 N–H and O–H groups in total. The molecule has 0 aliphatic rings. The molecule has 0 saturated carbocycles. The van der Waals surface area contributed by atoms with Crippen LogP contribution in [0.25, 0.3) is 28.2 Å². The zero-order valence-corrected chi connectivity index (χ0v) is 17.5. The second-order valence-electron chi connectivity index (χ2n) is 7.53. The van der Waals surface area contributed by atoms with Crippen molar-refractivity contribution in [1.29, 1.82) is 0 Å². The summed E-state index contributed by atoms with van der Waals surface area (Å²) >= 11 is 6.15. The molecular weight excluding hydrogens is 384 g/mol. The van der Waals surface area contributed by atoms with E-state index < -0.39 is 0 Å². The summed E-state index contributed by atoms with van der Waals surface area (Å²) in [6.45, 7) is 6.38. The van der Waals surface area contributed by atoms with Gasteiger partial charge < -0.3 is 0 Å². The van der Waals surface area contributed by atoms with Crippen LogP contribution in [0.15, 0.2) is 79.1 Å². The maximum Gasteiger partial charge on any atom is 0.250 e. The third kappa shape index (κ3) is 3.83. The van der Waals surface area contributed by atoms with Crippen LogP contribution in [0.1, 0.15) is 25.5 Å². The first-order valence-corrected chi connectivity index (χ1v) is 10.1. The third-order valence-corrected chi connectivity index (χ3v) is 5.32. The quantitative estimate of drug-likeness (QED) is 0.330. The second-order valence-corrected chi connectivity index (χ2v) is 7.97. The smallest absolute Gasteiger partial charge is 0.227 e. The van der Waals surface area contributed by atoms with Crippen LogP contribution in [-0.4, -0.2) is 4.57 Å². The van der Waals surface area contributed by atoms with Crippen molar-refractivity contribution in [1.82, 2.24) is 4.57 Å². The van der Waals surface area contributed by atoms with E-state index in [1.54, 1.807) is 0 Å². The normalized spacial score (nSPS) is 11.2. The fraction of sp³-hybridized carbons (Fsp3) is 0.160. The summed E-state index contributed by atoms with van der Waals surface area (Å²) in [7, 11) is 0. The van der Waals surface area contributed by atoms with Crippen LogP contribution >= 0.6 is 11.6 Å². The summed E-state index contributed by atoms with van der Waals surface area (Å²) in [6, 6.07) is 23.2. The molecule has 0 saturated heterocycles. The van der Waals surface area contributed by atoms with Crippen LogP contribution in [0.3, 0.4) is 0 Å². The minimum atomic E-state index is -0.240. The summed E-state index contributed by atoms with van der Waals surface area (Å²) in [5, 5.41) is 0.697. The van der Waals surface area contributed by atoms with Crippen molar-refractivity contribution in [3.05, 3.63) is 95.5 Å². The molecule has 0 radical (unpaired) electrons. The van der Waals surface area contributed by atoms with E-state index in [0.717, 1.165) is 28.2 Å². The van der Waals surface area contributed by atoms with Crippen LogP contribution in [0.4, 0.5) is 4.39 Å². The number of rotatable bonds is 4. The number of nitrogens with zero attached hydrogens (tertiary/aromatic N) is 2. The lowest BCUT2D eigenvalue weighted by Crippen LogP contribution is -2.36. The molecule has 1 aromatic heterocycles. The minimum absolute atomic E-state index is 0.229. The Labute approximate surface area is 175 Å². The number of aryl methyl sites for hydroxylation is 1. The zero-order valence-electron chi connectivity index (χ0n) is 16.7. The van der Waals surface area contributed by atoms with E-state index in [-0.39, 0.29) is 11.9 Å². The van der Waals surface area contributed by atoms with Gasteiger partial charge in [0.1, 0.15) is 11.5 Å². The van der Waals surface area contributed by atoms with Crippen molar-refractivity contribution in [2.75, 3.05) is 0 Å². The second kappa shape index (κ2) is 7.84. The van der Waals surface area contributed by atoms with Crippen molar-refractivity contribution < 1.29 is 8.96 Å². The molecule has 1 heterocycles. The van der Waals surface area contributed by atoms with E-state index in [0.29, 0.717) is 5.02 Å². The van der Waals surface area contributed by atoms with Gasteiger partial charge in [-0.1, -0.05) is 29.3 Å². The largest absolute Gasteiger partial charge is 0.250 e. The lowest BCUT2D eigenvalue weighted by Gasteiger charge is -2.08. The fourth-order valence-corrected chi connectivity index (χ4v) is 3.67. The first-order chi connectivity index (χ1) is 13.9. The van der Waals surface area contributed by atoms with E-state index in [1.165, 1.54) is 17.7 Å². The van der Waals surface area contributed by atoms with Gasteiger partial charge in [0.2, 0.25) is 6.33 Å². The lowest BCUT2D eigenvalue weighted by atomic mass is 10.0. The minimum Gasteiger partial charge on any atom is -0.227 e. The van der Waals surface area contributed by atoms with Crippen molar-refractivity contribution in [2.45, 2.75) is 26.8 Å². The Morgan fingerprint density at radius 2 is 1.41 bits per heavy atom. The number of halogens is 2. The number of hydrogen-bond donors (Lipinski definition) is 0. The molecule has 4 rings (SSSR count). The molecule has 0 unspecified atom stereocenters. The summed E-state index contributed by atoms with van der Waals surface area (Å²) in [4.78, 5) is 0. The molecule has 2 nitrogen and oxygen atoms in total. The molecular formula is C25H23ClFN2+. The summed E-state index contributed by atoms with van der Waals surface area (Å²) < 4.78 is 18.0. The van der Waals surface area contributed by atoms with Gasteiger partial charge in [-0.2, -0.15) is 4.57 Å². The van der Waals surface area contributed by atoms with Crippen molar-refractivity contribution >= 4 is 11.6 Å². The fourth-order valence-electron chi connectivity index (χ4n) is 3.55.